The third kappa shape index (κ3) is 3.37. The van der Waals surface area contributed by atoms with E-state index in [1.807, 2.05) is 0 Å². The number of amides is 1. The first-order valence-electron chi connectivity index (χ1n) is 10.5. The first-order chi connectivity index (χ1) is 15.8. The number of aromatic nitrogens is 3. The number of nitrogens with zero attached hydrogens (tertiary/aromatic N) is 4. The zero-order valence-corrected chi connectivity index (χ0v) is 18.7. The summed E-state index contributed by atoms with van der Waals surface area (Å²) in [7, 11) is 3.11. The summed E-state index contributed by atoms with van der Waals surface area (Å²) in [6.07, 6.45) is 4.30. The highest BCUT2D eigenvalue weighted by molar-refractivity contribution is 6.35. The Morgan fingerprint density at radius 1 is 1.21 bits per heavy atom. The molecule has 1 fully saturated rings. The molecule has 1 saturated heterocycles. The molecule has 2 aliphatic rings. The van der Waals surface area contributed by atoms with Crippen LogP contribution < -0.4 is 4.74 Å². The molecule has 2 bridgehead atoms. The lowest BCUT2D eigenvalue weighted by Gasteiger charge is -2.45. The van der Waals surface area contributed by atoms with Crippen LogP contribution in [0.15, 0.2) is 24.4 Å². The summed E-state index contributed by atoms with van der Waals surface area (Å²) in [5.74, 6) is -4.09. The van der Waals surface area contributed by atoms with E-state index in [0.717, 1.165) is 30.5 Å². The maximum Gasteiger partial charge on any atom is 0.256 e. The van der Waals surface area contributed by atoms with Crippen LogP contribution in [0, 0.1) is 17.5 Å². The Morgan fingerprint density at radius 3 is 2.64 bits per heavy atom. The summed E-state index contributed by atoms with van der Waals surface area (Å²) < 4.78 is 48.1. The van der Waals surface area contributed by atoms with E-state index in [2.05, 4.69) is 10.1 Å². The SMILES string of the molecule is COc1nccc(C(=O)N2[C@@H]3CCC[C@H]2c2nn(C)c(-c4cc(F)c(F)c(F)c4)c2C3)c1Cl. The van der Waals surface area contributed by atoms with Crippen molar-refractivity contribution in [1.82, 2.24) is 19.7 Å². The number of ether oxygens (including phenoxy) is 1. The van der Waals surface area contributed by atoms with Gasteiger partial charge in [0.2, 0.25) is 5.88 Å². The van der Waals surface area contributed by atoms with Crippen molar-refractivity contribution in [1.29, 1.82) is 0 Å². The zero-order valence-electron chi connectivity index (χ0n) is 17.9. The van der Waals surface area contributed by atoms with Gasteiger partial charge in [-0.25, -0.2) is 18.2 Å². The number of piperidine rings is 1. The molecule has 5 rings (SSSR count). The maximum atomic E-state index is 14.0. The second-order valence-electron chi connectivity index (χ2n) is 8.29. The molecule has 0 spiro atoms. The fourth-order valence-electron chi connectivity index (χ4n) is 5.07. The Balaban J connectivity index is 1.59. The molecule has 4 heterocycles. The van der Waals surface area contributed by atoms with E-state index >= 15 is 0 Å². The highest BCUT2D eigenvalue weighted by atomic mass is 35.5. The lowest BCUT2D eigenvalue weighted by atomic mass is 9.81. The molecule has 1 aromatic carbocycles. The largest absolute Gasteiger partial charge is 0.480 e. The fourth-order valence-corrected chi connectivity index (χ4v) is 5.34. The molecule has 1 amide bonds. The van der Waals surface area contributed by atoms with Crippen molar-refractivity contribution in [2.24, 2.45) is 7.05 Å². The van der Waals surface area contributed by atoms with Gasteiger partial charge in [-0.1, -0.05) is 11.6 Å². The van der Waals surface area contributed by atoms with Gasteiger partial charge in [-0.05, 0) is 43.9 Å². The lowest BCUT2D eigenvalue weighted by molar-refractivity contribution is 0.0391. The average Bonchev–Trinajstić information content (AvgIpc) is 3.12. The molecule has 0 unspecified atom stereocenters. The van der Waals surface area contributed by atoms with Gasteiger partial charge in [-0.2, -0.15) is 5.10 Å². The van der Waals surface area contributed by atoms with Crippen LogP contribution in [-0.2, 0) is 13.5 Å². The molecule has 0 N–H and O–H groups in total. The van der Waals surface area contributed by atoms with Crippen LogP contribution in [-0.4, -0.2) is 38.7 Å². The van der Waals surface area contributed by atoms with Gasteiger partial charge in [-0.3, -0.25) is 9.48 Å². The Hall–Kier alpha value is -3.07. The minimum absolute atomic E-state index is 0.142. The summed E-state index contributed by atoms with van der Waals surface area (Å²) in [6, 6.07) is 3.06. The summed E-state index contributed by atoms with van der Waals surface area (Å²) in [6.45, 7) is 0. The van der Waals surface area contributed by atoms with Gasteiger partial charge in [-0.15, -0.1) is 0 Å². The predicted molar refractivity (Wildman–Crippen MR) is 115 cm³/mol. The first kappa shape index (κ1) is 21.8. The molecule has 0 radical (unpaired) electrons. The Bertz CT molecular complexity index is 1260. The van der Waals surface area contributed by atoms with Crippen molar-refractivity contribution in [2.45, 2.75) is 37.8 Å². The number of aryl methyl sites for hydroxylation is 1. The molecule has 0 aliphatic carbocycles. The minimum atomic E-state index is -1.51. The van der Waals surface area contributed by atoms with E-state index < -0.39 is 17.5 Å². The van der Waals surface area contributed by atoms with Gasteiger partial charge in [0, 0.05) is 30.4 Å². The highest BCUT2D eigenvalue weighted by Gasteiger charge is 2.44. The van der Waals surface area contributed by atoms with E-state index in [4.69, 9.17) is 16.3 Å². The van der Waals surface area contributed by atoms with Gasteiger partial charge < -0.3 is 9.64 Å². The first-order valence-corrected chi connectivity index (χ1v) is 10.9. The van der Waals surface area contributed by atoms with Crippen LogP contribution in [0.2, 0.25) is 5.02 Å². The summed E-state index contributed by atoms with van der Waals surface area (Å²) in [4.78, 5) is 19.4. The average molecular weight is 477 g/mol. The zero-order chi connectivity index (χ0) is 23.4. The number of pyridine rings is 1. The molecular weight excluding hydrogens is 457 g/mol. The summed E-state index contributed by atoms with van der Waals surface area (Å²) >= 11 is 6.38. The Kier molecular flexibility index (Phi) is 5.31. The van der Waals surface area contributed by atoms with Crippen molar-refractivity contribution >= 4 is 17.5 Å². The molecule has 33 heavy (non-hydrogen) atoms. The number of benzene rings is 1. The number of fused-ring (bicyclic) bond motifs is 4. The van der Waals surface area contributed by atoms with Gasteiger partial charge >= 0.3 is 0 Å². The Labute approximate surface area is 192 Å². The number of methoxy groups -OCH3 is 1. The third-order valence-electron chi connectivity index (χ3n) is 6.45. The summed E-state index contributed by atoms with van der Waals surface area (Å²) in [5, 5.41) is 4.77. The lowest BCUT2D eigenvalue weighted by Crippen LogP contribution is -2.50. The van der Waals surface area contributed by atoms with Crippen molar-refractivity contribution in [3.63, 3.8) is 0 Å². The van der Waals surface area contributed by atoms with Crippen molar-refractivity contribution in [3.8, 4) is 17.1 Å². The van der Waals surface area contributed by atoms with E-state index in [0.29, 0.717) is 29.8 Å². The molecule has 2 aliphatic heterocycles. The highest BCUT2D eigenvalue weighted by Crippen LogP contribution is 2.45. The predicted octanol–water partition coefficient (Wildman–Crippen LogP) is 4.85. The maximum absolute atomic E-state index is 14.0. The van der Waals surface area contributed by atoms with Crippen molar-refractivity contribution < 1.29 is 22.7 Å². The molecule has 2 atom stereocenters. The van der Waals surface area contributed by atoms with Crippen LogP contribution in [0.25, 0.3) is 11.3 Å². The van der Waals surface area contributed by atoms with Gasteiger partial charge in [0.25, 0.3) is 5.91 Å². The number of hydrogen-bond acceptors (Lipinski definition) is 4. The number of carbonyl (C=O) groups is 1. The molecule has 3 aromatic rings. The van der Waals surface area contributed by atoms with Crippen LogP contribution in [0.1, 0.15) is 46.9 Å². The Morgan fingerprint density at radius 2 is 1.94 bits per heavy atom. The molecule has 6 nitrogen and oxygen atoms in total. The molecule has 10 heteroatoms. The van der Waals surface area contributed by atoms with E-state index in [9.17, 15) is 18.0 Å². The van der Waals surface area contributed by atoms with Crippen LogP contribution in [0.5, 0.6) is 5.88 Å². The van der Waals surface area contributed by atoms with Gasteiger partial charge in [0.05, 0.1) is 30.1 Å². The fraction of sp³-hybridized carbons (Fsp3) is 0.348. The van der Waals surface area contributed by atoms with Crippen LogP contribution in [0.3, 0.4) is 0 Å². The van der Waals surface area contributed by atoms with Crippen LogP contribution in [0.4, 0.5) is 13.2 Å². The molecule has 0 saturated carbocycles. The topological polar surface area (TPSA) is 60.2 Å². The minimum Gasteiger partial charge on any atom is -0.480 e. The molecule has 172 valence electrons. The van der Waals surface area contributed by atoms with Gasteiger partial charge in [0.1, 0.15) is 5.02 Å². The standard InChI is InChI=1S/C23H20ClF3N4O2/c1-30-21(11-8-15(25)19(27)16(26)9-11)14-10-12-4-3-5-17(20(14)29-30)31(12)23(32)13-6-7-28-22(33-2)18(13)24/h6-9,12,17H,3-5,10H2,1-2H3/t12-,17+/m1/s1. The normalized spacial score (nSPS) is 19.4. The second-order valence-corrected chi connectivity index (χ2v) is 8.67. The van der Waals surface area contributed by atoms with Crippen LogP contribution >= 0.6 is 11.6 Å². The summed E-state index contributed by atoms with van der Waals surface area (Å²) in [5.41, 5.74) is 2.53. The third-order valence-corrected chi connectivity index (χ3v) is 6.81. The number of carbonyl (C=O) groups excluding carboxylic acids is 1. The monoisotopic (exact) mass is 476 g/mol. The van der Waals surface area contributed by atoms with E-state index in [-0.39, 0.29) is 34.5 Å². The molecule has 2 aromatic heterocycles. The van der Waals surface area contributed by atoms with Gasteiger partial charge in [0.15, 0.2) is 17.5 Å². The molecular formula is C23H20ClF3N4O2. The van der Waals surface area contributed by atoms with Crippen molar-refractivity contribution in [3.05, 3.63) is 63.7 Å². The van der Waals surface area contributed by atoms with E-state index in [1.165, 1.54) is 13.3 Å². The number of rotatable bonds is 3. The quantitative estimate of drug-likeness (QED) is 0.507. The second kappa shape index (κ2) is 8.06. The number of hydrogen-bond donors (Lipinski definition) is 0. The number of halogens is 4. The van der Waals surface area contributed by atoms with Crippen molar-refractivity contribution in [2.75, 3.05) is 7.11 Å². The smallest absolute Gasteiger partial charge is 0.256 e. The van der Waals surface area contributed by atoms with E-state index in [1.54, 1.807) is 22.7 Å².